The van der Waals surface area contributed by atoms with Crippen LogP contribution in [0.4, 0.5) is 0 Å². The standard InChI is InChI=1S/C36H54N8O8/c1-20(2)9-7-12-25-35(51)44-31(21(3)4)36(52)42-26(13-8-16-37)33(49)41-27(14-15-30(46)47)34(50)43-28(32(48)39-19-29(45)40-25)17-22-18-38-24-11-6-5-10-23(22)24/h5-6,10-11,18,20-21,25-28,31,38H,7-9,12-17,19,37H2,1-4H3,(H,39,48)(H,40,45)(H,41,49)(H,42,52)(H,43,50)(H,44,51)(H,46,47)/t25-,26+,27-,28+,31-/m0/s1. The quantitative estimate of drug-likeness (QED) is 0.138. The van der Waals surface area contributed by atoms with Crippen LogP contribution < -0.4 is 37.6 Å². The molecule has 1 aromatic heterocycles. The Morgan fingerprint density at radius 2 is 1.37 bits per heavy atom. The first-order valence-corrected chi connectivity index (χ1v) is 18.0. The van der Waals surface area contributed by atoms with Crippen LogP contribution in [0.1, 0.15) is 78.2 Å². The van der Waals surface area contributed by atoms with Crippen LogP contribution in [0, 0.1) is 11.8 Å². The maximum atomic E-state index is 13.8. The first-order valence-electron chi connectivity index (χ1n) is 18.0. The number of amides is 6. The van der Waals surface area contributed by atoms with E-state index in [0.29, 0.717) is 24.3 Å². The van der Waals surface area contributed by atoms with Crippen molar-refractivity contribution < 1.29 is 38.7 Å². The topological polar surface area (TPSA) is 254 Å². The number of H-pyrrole nitrogens is 1. The Bertz CT molecular complexity index is 1570. The molecule has 1 saturated heterocycles. The fourth-order valence-corrected chi connectivity index (χ4v) is 5.99. The summed E-state index contributed by atoms with van der Waals surface area (Å²) in [6, 6.07) is 1.37. The van der Waals surface area contributed by atoms with Gasteiger partial charge in [-0.1, -0.05) is 58.7 Å². The molecule has 52 heavy (non-hydrogen) atoms. The fraction of sp³-hybridized carbons (Fsp3) is 0.583. The molecule has 3 rings (SSSR count). The second kappa shape index (κ2) is 20.2. The number of carbonyl (C=O) groups is 7. The van der Waals surface area contributed by atoms with E-state index in [4.69, 9.17) is 5.73 Å². The summed E-state index contributed by atoms with van der Waals surface area (Å²) >= 11 is 0. The van der Waals surface area contributed by atoms with E-state index in [1.165, 1.54) is 0 Å². The van der Waals surface area contributed by atoms with Crippen molar-refractivity contribution in [2.24, 2.45) is 17.6 Å². The third kappa shape index (κ3) is 12.7. The maximum Gasteiger partial charge on any atom is 0.303 e. The zero-order chi connectivity index (χ0) is 38.4. The van der Waals surface area contributed by atoms with E-state index in [1.54, 1.807) is 20.0 Å². The lowest BCUT2D eigenvalue weighted by Gasteiger charge is -2.29. The summed E-state index contributed by atoms with van der Waals surface area (Å²) in [7, 11) is 0. The Hall–Kier alpha value is -4.99. The molecule has 286 valence electrons. The third-order valence-corrected chi connectivity index (χ3v) is 8.94. The molecule has 2 aromatic rings. The first-order chi connectivity index (χ1) is 24.7. The van der Waals surface area contributed by atoms with Crippen LogP contribution in [0.5, 0.6) is 0 Å². The SMILES string of the molecule is CC(C)CCC[C@@H]1NC(=O)CNC(=O)[C@@H](Cc2c[nH]c3ccccc23)NC(=O)[C@H](CCC(=O)O)NC(=O)[C@@H](CCCN)NC(=O)[C@H](C(C)C)NC1=O. The van der Waals surface area contributed by atoms with Gasteiger partial charge in [0, 0.05) is 29.9 Å². The Balaban J connectivity index is 2.02. The van der Waals surface area contributed by atoms with Crippen LogP contribution in [0.3, 0.4) is 0 Å². The lowest BCUT2D eigenvalue weighted by atomic mass is 9.99. The molecule has 0 spiro atoms. The Morgan fingerprint density at radius 3 is 2.02 bits per heavy atom. The summed E-state index contributed by atoms with van der Waals surface area (Å²) in [6.45, 7) is 7.17. The number of aromatic nitrogens is 1. The van der Waals surface area contributed by atoms with E-state index in [-0.39, 0.29) is 32.2 Å². The minimum Gasteiger partial charge on any atom is -0.481 e. The molecule has 2 heterocycles. The molecule has 0 unspecified atom stereocenters. The van der Waals surface area contributed by atoms with Crippen molar-refractivity contribution in [3.05, 3.63) is 36.0 Å². The maximum absolute atomic E-state index is 13.8. The molecule has 5 atom stereocenters. The van der Waals surface area contributed by atoms with Crippen molar-refractivity contribution in [2.75, 3.05) is 13.1 Å². The van der Waals surface area contributed by atoms with Gasteiger partial charge in [-0.15, -0.1) is 0 Å². The van der Waals surface area contributed by atoms with Gasteiger partial charge in [-0.3, -0.25) is 33.6 Å². The average molecular weight is 727 g/mol. The smallest absolute Gasteiger partial charge is 0.303 e. The molecule has 0 saturated carbocycles. The van der Waals surface area contributed by atoms with Gasteiger partial charge >= 0.3 is 5.97 Å². The first kappa shape index (κ1) is 41.4. The number of nitrogens with two attached hydrogens (primary N) is 1. The minimum absolute atomic E-state index is 0.0190. The van der Waals surface area contributed by atoms with Gasteiger partial charge in [0.2, 0.25) is 35.4 Å². The number of aliphatic carboxylic acids is 1. The molecule has 16 heteroatoms. The molecular formula is C36H54N8O8. The second-order valence-electron chi connectivity index (χ2n) is 14.0. The van der Waals surface area contributed by atoms with Crippen molar-refractivity contribution in [1.29, 1.82) is 0 Å². The van der Waals surface area contributed by atoms with E-state index in [9.17, 15) is 38.7 Å². The number of para-hydroxylation sites is 1. The molecule has 10 N–H and O–H groups in total. The highest BCUT2D eigenvalue weighted by Crippen LogP contribution is 2.19. The zero-order valence-electron chi connectivity index (χ0n) is 30.4. The number of benzene rings is 1. The molecule has 0 bridgehead atoms. The number of carboxylic acid groups (broad SMARTS) is 1. The summed E-state index contributed by atoms with van der Waals surface area (Å²) in [5, 5.41) is 26.1. The summed E-state index contributed by atoms with van der Waals surface area (Å²) in [5.74, 6) is -5.53. The van der Waals surface area contributed by atoms with Gasteiger partial charge in [0.25, 0.3) is 0 Å². The Kier molecular flexibility index (Phi) is 16.1. The van der Waals surface area contributed by atoms with Gasteiger partial charge < -0.3 is 47.7 Å². The molecule has 1 aliphatic heterocycles. The van der Waals surface area contributed by atoms with Gasteiger partial charge in [-0.05, 0) is 55.7 Å². The predicted octanol–water partition coefficient (Wildman–Crippen LogP) is 0.350. The van der Waals surface area contributed by atoms with Crippen LogP contribution in [-0.4, -0.2) is 94.8 Å². The number of hydrogen-bond acceptors (Lipinski definition) is 8. The monoisotopic (exact) mass is 726 g/mol. The molecule has 16 nitrogen and oxygen atoms in total. The van der Waals surface area contributed by atoms with Crippen LogP contribution in [0.15, 0.2) is 30.5 Å². The minimum atomic E-state index is -1.41. The number of carboxylic acids is 1. The molecule has 6 amide bonds. The van der Waals surface area contributed by atoms with Crippen molar-refractivity contribution >= 4 is 52.3 Å². The van der Waals surface area contributed by atoms with E-state index in [0.717, 1.165) is 17.3 Å². The fourth-order valence-electron chi connectivity index (χ4n) is 5.99. The van der Waals surface area contributed by atoms with Crippen LogP contribution in [-0.2, 0) is 40.0 Å². The van der Waals surface area contributed by atoms with Gasteiger partial charge in [0.05, 0.1) is 6.54 Å². The van der Waals surface area contributed by atoms with E-state index in [1.807, 2.05) is 38.1 Å². The van der Waals surface area contributed by atoms with Crippen molar-refractivity contribution in [1.82, 2.24) is 36.9 Å². The zero-order valence-corrected chi connectivity index (χ0v) is 30.4. The van der Waals surface area contributed by atoms with Gasteiger partial charge in [0.1, 0.15) is 30.2 Å². The third-order valence-electron chi connectivity index (χ3n) is 8.94. The van der Waals surface area contributed by atoms with Crippen LogP contribution in [0.2, 0.25) is 0 Å². The number of fused-ring (bicyclic) bond motifs is 1. The highest BCUT2D eigenvalue weighted by atomic mass is 16.4. The van der Waals surface area contributed by atoms with Crippen LogP contribution in [0.25, 0.3) is 10.9 Å². The molecule has 1 aliphatic rings. The lowest BCUT2D eigenvalue weighted by Crippen LogP contribution is -2.61. The molecular weight excluding hydrogens is 672 g/mol. The normalized spacial score (nSPS) is 22.9. The predicted molar refractivity (Wildman–Crippen MR) is 193 cm³/mol. The van der Waals surface area contributed by atoms with Crippen molar-refractivity contribution in [3.63, 3.8) is 0 Å². The highest BCUT2D eigenvalue weighted by molar-refractivity contribution is 5.98. The van der Waals surface area contributed by atoms with Gasteiger partial charge in [0.15, 0.2) is 0 Å². The van der Waals surface area contributed by atoms with Gasteiger partial charge in [-0.2, -0.15) is 0 Å². The number of hydrogen-bond donors (Lipinski definition) is 9. The number of aromatic amines is 1. The summed E-state index contributed by atoms with van der Waals surface area (Å²) in [6.07, 6.45) is 2.92. The number of carbonyl (C=O) groups excluding carboxylic acids is 6. The molecule has 0 aliphatic carbocycles. The average Bonchev–Trinajstić information content (AvgIpc) is 3.50. The number of nitrogens with one attached hydrogen (secondary N) is 7. The van der Waals surface area contributed by atoms with E-state index < -0.39 is 90.5 Å². The van der Waals surface area contributed by atoms with Crippen LogP contribution >= 0.6 is 0 Å². The second-order valence-corrected chi connectivity index (χ2v) is 14.0. The van der Waals surface area contributed by atoms with Crippen molar-refractivity contribution in [3.8, 4) is 0 Å². The number of rotatable bonds is 13. The molecule has 1 aromatic carbocycles. The largest absolute Gasteiger partial charge is 0.481 e. The van der Waals surface area contributed by atoms with Gasteiger partial charge in [-0.25, -0.2) is 0 Å². The lowest BCUT2D eigenvalue weighted by molar-refractivity contribution is -0.138. The molecule has 0 radical (unpaired) electrons. The summed E-state index contributed by atoms with van der Waals surface area (Å²) < 4.78 is 0. The summed E-state index contributed by atoms with van der Waals surface area (Å²) in [5.41, 5.74) is 7.19. The Morgan fingerprint density at radius 1 is 0.769 bits per heavy atom. The Labute approximate surface area is 303 Å². The van der Waals surface area contributed by atoms with E-state index >= 15 is 0 Å². The van der Waals surface area contributed by atoms with E-state index in [2.05, 4.69) is 36.9 Å². The highest BCUT2D eigenvalue weighted by Gasteiger charge is 2.34. The summed E-state index contributed by atoms with van der Waals surface area (Å²) in [4.78, 5) is 96.3. The molecule has 1 fully saturated rings. The van der Waals surface area contributed by atoms with Crippen molar-refractivity contribution in [2.45, 2.75) is 109 Å².